The number of benzene rings is 9. The van der Waals surface area contributed by atoms with E-state index in [4.69, 9.17) is 0 Å². The summed E-state index contributed by atoms with van der Waals surface area (Å²) in [6.07, 6.45) is 0. The zero-order chi connectivity index (χ0) is 40.3. The van der Waals surface area contributed by atoms with Crippen LogP contribution in [-0.4, -0.2) is 12.6 Å². The third kappa shape index (κ3) is 4.81. The summed E-state index contributed by atoms with van der Waals surface area (Å²) >= 11 is 0. The molecule has 0 atom stereocenters. The Balaban J connectivity index is 1.20. The van der Waals surface area contributed by atoms with E-state index in [9.17, 15) is 0 Å². The summed E-state index contributed by atoms with van der Waals surface area (Å²) < 4.78 is 2.47. The molecule has 286 valence electrons. The maximum Gasteiger partial charge on any atom is 0.0775 e. The lowest BCUT2D eigenvalue weighted by atomic mass is 9.70. The van der Waals surface area contributed by atoms with Crippen molar-refractivity contribution in [1.29, 1.82) is 0 Å². The van der Waals surface area contributed by atoms with E-state index in [1.165, 1.54) is 99.2 Å². The maximum atomic E-state index is 2.56. The number of fused-ring (bicyclic) bond motifs is 15. The highest BCUT2D eigenvalue weighted by atomic mass is 28.3. The van der Waals surface area contributed by atoms with Crippen LogP contribution in [0, 0.1) is 6.92 Å². The van der Waals surface area contributed by atoms with Gasteiger partial charge in [-0.3, -0.25) is 0 Å². The molecule has 0 radical (unpaired) electrons. The van der Waals surface area contributed by atoms with Crippen molar-refractivity contribution in [1.82, 2.24) is 4.57 Å². The molecule has 2 aliphatic carbocycles. The molecule has 3 heteroatoms. The van der Waals surface area contributed by atoms with Gasteiger partial charge >= 0.3 is 0 Å². The minimum atomic E-state index is -1.52. The van der Waals surface area contributed by atoms with Crippen LogP contribution in [0.25, 0.3) is 60.5 Å². The van der Waals surface area contributed by atoms with Crippen LogP contribution >= 0.6 is 0 Å². The van der Waals surface area contributed by atoms with Crippen molar-refractivity contribution in [2.45, 2.75) is 32.0 Å². The minimum absolute atomic E-state index is 0.550. The van der Waals surface area contributed by atoms with Crippen LogP contribution in [0.1, 0.15) is 27.8 Å². The Hall–Kier alpha value is -6.94. The summed E-state index contributed by atoms with van der Waals surface area (Å²) in [6, 6.07) is 73.5. The summed E-state index contributed by atoms with van der Waals surface area (Å²) in [5.41, 5.74) is 18.4. The van der Waals surface area contributed by atoms with Crippen molar-refractivity contribution in [3.05, 3.63) is 222 Å². The minimum Gasteiger partial charge on any atom is -0.310 e. The first kappa shape index (κ1) is 35.0. The van der Waals surface area contributed by atoms with E-state index < -0.39 is 13.5 Å². The number of hydrogen-bond donors (Lipinski definition) is 0. The van der Waals surface area contributed by atoms with Gasteiger partial charge in [-0.2, -0.15) is 0 Å². The van der Waals surface area contributed by atoms with Crippen LogP contribution in [0.15, 0.2) is 194 Å². The highest BCUT2D eigenvalue weighted by molar-refractivity contribution is 6.88. The van der Waals surface area contributed by atoms with E-state index in [1.54, 1.807) is 0 Å². The Morgan fingerprint density at radius 3 is 1.55 bits per heavy atom. The molecule has 0 unspecified atom stereocenters. The molecule has 0 saturated carbocycles. The van der Waals surface area contributed by atoms with Gasteiger partial charge in [0.05, 0.1) is 30.2 Å². The Bertz CT molecular complexity index is 3270. The second-order valence-corrected chi connectivity index (χ2v) is 22.8. The molecule has 0 fully saturated rings. The second-order valence-electron chi connectivity index (χ2n) is 17.8. The fraction of sp³-hybridized carbons (Fsp3) is 0.0877. The number of para-hydroxylation sites is 2. The van der Waals surface area contributed by atoms with Gasteiger partial charge in [0, 0.05) is 33.2 Å². The van der Waals surface area contributed by atoms with E-state index in [1.807, 2.05) is 0 Å². The van der Waals surface area contributed by atoms with Gasteiger partial charge in [-0.15, -0.1) is 0 Å². The van der Waals surface area contributed by atoms with Gasteiger partial charge in [0.15, 0.2) is 0 Å². The molecular weight excluding hydrogens is 741 g/mol. The Morgan fingerprint density at radius 2 is 0.950 bits per heavy atom. The van der Waals surface area contributed by atoms with Crippen molar-refractivity contribution in [2.75, 3.05) is 4.90 Å². The van der Waals surface area contributed by atoms with Gasteiger partial charge < -0.3 is 9.47 Å². The molecule has 2 aliphatic rings. The zero-order valence-corrected chi connectivity index (χ0v) is 35.4. The molecule has 0 N–H and O–H groups in total. The largest absolute Gasteiger partial charge is 0.310 e. The second kappa shape index (κ2) is 12.8. The number of nitrogens with zero attached hydrogens (tertiary/aromatic N) is 2. The van der Waals surface area contributed by atoms with Gasteiger partial charge in [-0.25, -0.2) is 0 Å². The maximum absolute atomic E-state index is 2.56. The number of aryl methyl sites for hydroxylation is 1. The first-order chi connectivity index (χ1) is 29.3. The first-order valence-corrected chi connectivity index (χ1v) is 24.7. The quantitative estimate of drug-likeness (QED) is 0.158. The molecule has 60 heavy (non-hydrogen) atoms. The normalized spacial score (nSPS) is 13.5. The van der Waals surface area contributed by atoms with Crippen molar-refractivity contribution < 1.29 is 0 Å². The topological polar surface area (TPSA) is 8.17 Å². The van der Waals surface area contributed by atoms with Crippen LogP contribution in [0.3, 0.4) is 0 Å². The lowest BCUT2D eigenvalue weighted by molar-refractivity contribution is 0.793. The highest BCUT2D eigenvalue weighted by Gasteiger charge is 2.52. The monoisotopic (exact) mass is 784 g/mol. The predicted molar refractivity (Wildman–Crippen MR) is 257 cm³/mol. The average molecular weight is 785 g/mol. The third-order valence-corrected chi connectivity index (χ3v) is 15.5. The molecule has 0 amide bonds. The molecule has 0 bridgehead atoms. The van der Waals surface area contributed by atoms with Gasteiger partial charge in [0.2, 0.25) is 0 Å². The van der Waals surface area contributed by atoms with E-state index in [0.717, 1.165) is 11.4 Å². The number of rotatable bonds is 5. The number of anilines is 3. The molecule has 1 aromatic heterocycles. The van der Waals surface area contributed by atoms with Crippen LogP contribution in [-0.2, 0) is 5.41 Å². The van der Waals surface area contributed by atoms with Gasteiger partial charge in [0.25, 0.3) is 0 Å². The lowest BCUT2D eigenvalue weighted by Crippen LogP contribution is -2.37. The summed E-state index contributed by atoms with van der Waals surface area (Å²) in [5, 5.41) is 6.51. The fourth-order valence-corrected chi connectivity index (χ4v) is 11.9. The first-order valence-electron chi connectivity index (χ1n) is 21.2. The van der Waals surface area contributed by atoms with Gasteiger partial charge in [-0.05, 0) is 111 Å². The van der Waals surface area contributed by atoms with Crippen LogP contribution in [0.2, 0.25) is 19.6 Å². The molecule has 12 rings (SSSR count). The zero-order valence-electron chi connectivity index (χ0n) is 34.4. The van der Waals surface area contributed by atoms with E-state index in [-0.39, 0.29) is 0 Å². The molecule has 0 saturated heterocycles. The fourth-order valence-electron chi connectivity index (χ4n) is 10.7. The third-order valence-electron chi connectivity index (χ3n) is 13.4. The standard InChI is InChI=1S/C57H44N2Si/c1-37-25-27-38(28-26-37)58(39-29-32-41(33-30-39)60(2,3)4)55-36-52-56(47-20-6-5-19-46(47)55)48-34-31-40(59-53-23-13-9-17-44(53)45-18-10-14-24-54(45)59)35-51(48)57(52)49-21-11-7-15-42(49)43-16-8-12-22-50(43)57/h5-36H,1-4H3. The summed E-state index contributed by atoms with van der Waals surface area (Å²) in [4.78, 5) is 2.50. The highest BCUT2D eigenvalue weighted by Crippen LogP contribution is 2.65. The Kier molecular flexibility index (Phi) is 7.46. The molecular formula is C57H44N2Si. The van der Waals surface area contributed by atoms with Crippen molar-refractivity contribution in [3.8, 4) is 27.9 Å². The van der Waals surface area contributed by atoms with Crippen molar-refractivity contribution in [2.24, 2.45) is 0 Å². The van der Waals surface area contributed by atoms with Crippen LogP contribution < -0.4 is 10.1 Å². The van der Waals surface area contributed by atoms with Crippen LogP contribution in [0.5, 0.6) is 0 Å². The van der Waals surface area contributed by atoms with Crippen molar-refractivity contribution in [3.63, 3.8) is 0 Å². The molecule has 1 spiro atoms. The van der Waals surface area contributed by atoms with Crippen molar-refractivity contribution >= 4 is 62.9 Å². The van der Waals surface area contributed by atoms with E-state index in [0.29, 0.717) is 0 Å². The lowest BCUT2D eigenvalue weighted by Gasteiger charge is -2.33. The molecule has 10 aromatic rings. The molecule has 0 aliphatic heterocycles. The Labute approximate surface area is 352 Å². The summed E-state index contributed by atoms with van der Waals surface area (Å²) in [5.74, 6) is 0. The SMILES string of the molecule is Cc1ccc(N(c2ccc([Si](C)(C)C)cc2)c2cc3c(c4ccccc24)-c2ccc(-n4c5ccccc5c5ccccc54)cc2C32c3ccccc3-c3ccccc32)cc1. The van der Waals surface area contributed by atoms with E-state index in [2.05, 4.69) is 230 Å². The summed E-state index contributed by atoms with van der Waals surface area (Å²) in [7, 11) is -1.52. The van der Waals surface area contributed by atoms with E-state index >= 15 is 0 Å². The molecule has 9 aromatic carbocycles. The number of hydrogen-bond acceptors (Lipinski definition) is 1. The summed E-state index contributed by atoms with van der Waals surface area (Å²) in [6.45, 7) is 9.45. The smallest absolute Gasteiger partial charge is 0.0775 e. The molecule has 1 heterocycles. The molecule has 2 nitrogen and oxygen atoms in total. The van der Waals surface area contributed by atoms with Gasteiger partial charge in [0.1, 0.15) is 0 Å². The van der Waals surface area contributed by atoms with Gasteiger partial charge in [-0.1, -0.05) is 170 Å². The predicted octanol–water partition coefficient (Wildman–Crippen LogP) is 14.6. The average Bonchev–Trinajstić information content (AvgIpc) is 3.89. The number of aromatic nitrogens is 1. The Morgan fingerprint density at radius 1 is 0.433 bits per heavy atom. The van der Waals surface area contributed by atoms with Crippen LogP contribution in [0.4, 0.5) is 17.1 Å².